The van der Waals surface area contributed by atoms with Crippen LogP contribution in [0.3, 0.4) is 0 Å². The lowest BCUT2D eigenvalue weighted by atomic mass is 9.91. The van der Waals surface area contributed by atoms with Crippen molar-refractivity contribution >= 4 is 21.7 Å². The van der Waals surface area contributed by atoms with E-state index in [9.17, 15) is 0 Å². The van der Waals surface area contributed by atoms with E-state index in [4.69, 9.17) is 15.0 Å². The van der Waals surface area contributed by atoms with Gasteiger partial charge in [-0.05, 0) is 68.9 Å². The van der Waals surface area contributed by atoms with Gasteiger partial charge in [0.25, 0.3) is 0 Å². The average molecular weight is 625 g/mol. The molecule has 0 aliphatic heterocycles. The highest BCUT2D eigenvalue weighted by Crippen LogP contribution is 2.49. The normalized spacial score (nSPS) is 11.7. The highest BCUT2D eigenvalue weighted by Gasteiger charge is 2.25. The second-order valence-electron chi connectivity index (χ2n) is 12.5. The minimum atomic E-state index is 0.638. The predicted octanol–water partition coefficient (Wildman–Crippen LogP) is 11.3. The Hall–Kier alpha value is -6.65. The summed E-state index contributed by atoms with van der Waals surface area (Å²) in [5, 5.41) is 3.74. The molecule has 7 aromatic carbocycles. The van der Waals surface area contributed by atoms with Crippen LogP contribution >= 0.6 is 0 Å². The Labute approximate surface area is 283 Å². The summed E-state index contributed by atoms with van der Waals surface area (Å²) < 4.78 is 2.32. The molecule has 9 aromatic rings. The molecule has 0 bridgehead atoms. The van der Waals surface area contributed by atoms with E-state index < -0.39 is 0 Å². The molecule has 49 heavy (non-hydrogen) atoms. The molecule has 0 atom stereocenters. The van der Waals surface area contributed by atoms with Crippen molar-refractivity contribution in [1.82, 2.24) is 19.5 Å². The Bertz CT molecular complexity index is 2650. The SMILES string of the molecule is c1ccc(-c2nc(-c3ccccc3)nc(-c3cccc(-n4cc5c6c(cccc64)-c4ccccc4-c4cc6ccccc6cc4-5)c3)n2)cc1. The van der Waals surface area contributed by atoms with Crippen molar-refractivity contribution in [2.45, 2.75) is 0 Å². The summed E-state index contributed by atoms with van der Waals surface area (Å²) >= 11 is 0. The van der Waals surface area contributed by atoms with Gasteiger partial charge in [0.05, 0.1) is 5.52 Å². The minimum absolute atomic E-state index is 0.638. The van der Waals surface area contributed by atoms with Crippen LogP contribution < -0.4 is 0 Å². The topological polar surface area (TPSA) is 43.6 Å². The van der Waals surface area contributed by atoms with Crippen LogP contribution in [0.1, 0.15) is 0 Å². The molecule has 0 saturated carbocycles. The number of benzene rings is 7. The van der Waals surface area contributed by atoms with Gasteiger partial charge in [0.2, 0.25) is 0 Å². The lowest BCUT2D eigenvalue weighted by Gasteiger charge is -2.14. The number of aromatic nitrogens is 4. The van der Waals surface area contributed by atoms with Gasteiger partial charge in [0.15, 0.2) is 17.5 Å². The second-order valence-corrected chi connectivity index (χ2v) is 12.5. The molecule has 4 heteroatoms. The van der Waals surface area contributed by atoms with Crippen molar-refractivity contribution in [3.63, 3.8) is 0 Å². The van der Waals surface area contributed by atoms with E-state index in [1.165, 1.54) is 49.5 Å². The third-order valence-corrected chi connectivity index (χ3v) is 9.59. The summed E-state index contributed by atoms with van der Waals surface area (Å²) in [6.07, 6.45) is 2.31. The smallest absolute Gasteiger partial charge is 0.164 e. The van der Waals surface area contributed by atoms with Crippen molar-refractivity contribution in [2.75, 3.05) is 0 Å². The van der Waals surface area contributed by atoms with Gasteiger partial charge in [-0.15, -0.1) is 0 Å². The first kappa shape index (κ1) is 27.5. The zero-order chi connectivity index (χ0) is 32.3. The summed E-state index contributed by atoms with van der Waals surface area (Å²) in [6, 6.07) is 57.6. The zero-order valence-corrected chi connectivity index (χ0v) is 26.5. The summed E-state index contributed by atoms with van der Waals surface area (Å²) in [7, 11) is 0. The van der Waals surface area contributed by atoms with Crippen LogP contribution in [0.15, 0.2) is 170 Å². The van der Waals surface area contributed by atoms with E-state index in [-0.39, 0.29) is 0 Å². The highest BCUT2D eigenvalue weighted by molar-refractivity contribution is 6.15. The van der Waals surface area contributed by atoms with Crippen molar-refractivity contribution in [3.8, 4) is 73.2 Å². The molecule has 0 radical (unpaired) electrons. The molecule has 0 amide bonds. The molecule has 0 saturated heterocycles. The van der Waals surface area contributed by atoms with Gasteiger partial charge in [-0.3, -0.25) is 0 Å². The number of nitrogens with zero attached hydrogens (tertiary/aromatic N) is 4. The first-order chi connectivity index (χ1) is 24.3. The Morgan fingerprint density at radius 2 is 0.837 bits per heavy atom. The van der Waals surface area contributed by atoms with E-state index >= 15 is 0 Å². The van der Waals surface area contributed by atoms with Crippen LogP contribution in [-0.2, 0) is 0 Å². The maximum atomic E-state index is 5.01. The molecule has 10 rings (SSSR count). The molecule has 4 nitrogen and oxygen atoms in total. The summed E-state index contributed by atoms with van der Waals surface area (Å²) in [6.45, 7) is 0. The predicted molar refractivity (Wildman–Crippen MR) is 200 cm³/mol. The number of hydrogen-bond acceptors (Lipinski definition) is 3. The van der Waals surface area contributed by atoms with Crippen LogP contribution in [0.2, 0.25) is 0 Å². The second kappa shape index (κ2) is 11.0. The Morgan fingerprint density at radius 1 is 0.347 bits per heavy atom. The fourth-order valence-corrected chi connectivity index (χ4v) is 7.30. The maximum absolute atomic E-state index is 5.01. The first-order valence-electron chi connectivity index (χ1n) is 16.5. The molecule has 1 aliphatic carbocycles. The molecule has 0 spiro atoms. The fourth-order valence-electron chi connectivity index (χ4n) is 7.30. The zero-order valence-electron chi connectivity index (χ0n) is 26.5. The maximum Gasteiger partial charge on any atom is 0.164 e. The molecule has 1 aliphatic rings. The third-order valence-electron chi connectivity index (χ3n) is 9.59. The van der Waals surface area contributed by atoms with Gasteiger partial charge in [0, 0.05) is 39.5 Å². The van der Waals surface area contributed by atoms with E-state index in [1.54, 1.807) is 0 Å². The Morgan fingerprint density at radius 3 is 1.49 bits per heavy atom. The van der Waals surface area contributed by atoms with Gasteiger partial charge in [-0.25, -0.2) is 15.0 Å². The number of rotatable bonds is 4. The summed E-state index contributed by atoms with van der Waals surface area (Å²) in [4.78, 5) is 14.9. The molecular formula is C45H28N4. The monoisotopic (exact) mass is 624 g/mol. The van der Waals surface area contributed by atoms with E-state index in [0.717, 1.165) is 27.9 Å². The van der Waals surface area contributed by atoms with Crippen LogP contribution in [0, 0.1) is 0 Å². The van der Waals surface area contributed by atoms with Crippen molar-refractivity contribution < 1.29 is 0 Å². The van der Waals surface area contributed by atoms with Crippen molar-refractivity contribution in [1.29, 1.82) is 0 Å². The molecule has 0 fully saturated rings. The molecule has 2 aromatic heterocycles. The molecule has 0 N–H and O–H groups in total. The number of fused-ring (bicyclic) bond motifs is 6. The van der Waals surface area contributed by atoms with Gasteiger partial charge in [-0.2, -0.15) is 0 Å². The van der Waals surface area contributed by atoms with E-state index in [1.807, 2.05) is 60.7 Å². The highest BCUT2D eigenvalue weighted by atomic mass is 15.0. The lowest BCUT2D eigenvalue weighted by molar-refractivity contribution is 1.07. The van der Waals surface area contributed by atoms with Crippen LogP contribution in [-0.4, -0.2) is 19.5 Å². The van der Waals surface area contributed by atoms with Crippen molar-refractivity contribution in [2.24, 2.45) is 0 Å². The Balaban J connectivity index is 1.19. The quantitative estimate of drug-likeness (QED) is 0.196. The molecule has 0 unspecified atom stereocenters. The van der Waals surface area contributed by atoms with Gasteiger partial charge < -0.3 is 4.57 Å². The first-order valence-corrected chi connectivity index (χ1v) is 16.5. The Kier molecular flexibility index (Phi) is 6.15. The van der Waals surface area contributed by atoms with Crippen LogP contribution in [0.4, 0.5) is 0 Å². The average Bonchev–Trinajstić information content (AvgIpc) is 3.53. The minimum Gasteiger partial charge on any atom is -0.316 e. The standard InChI is InChI=1S/C45H28N4/c1-3-13-29(14-4-1)43-46-44(30-15-5-2-6-16-30)48-45(47-43)33-19-11-20-34(25-33)49-28-40-39-27-32-18-8-7-17-31(32)26-38(39)36-22-10-9-21-35(36)37-23-12-24-41(49)42(37)40/h1-28H. The molecule has 228 valence electrons. The summed E-state index contributed by atoms with van der Waals surface area (Å²) in [5.74, 6) is 1.94. The third kappa shape index (κ3) is 4.49. The summed E-state index contributed by atoms with van der Waals surface area (Å²) in [5.41, 5.74) is 12.5. The number of hydrogen-bond donors (Lipinski definition) is 0. The van der Waals surface area contributed by atoms with Crippen molar-refractivity contribution in [3.05, 3.63) is 170 Å². The fraction of sp³-hybridized carbons (Fsp3) is 0. The van der Waals surface area contributed by atoms with Gasteiger partial charge in [-0.1, -0.05) is 133 Å². The van der Waals surface area contributed by atoms with E-state index in [0.29, 0.717) is 17.5 Å². The van der Waals surface area contributed by atoms with Gasteiger partial charge >= 0.3 is 0 Å². The van der Waals surface area contributed by atoms with Crippen LogP contribution in [0.5, 0.6) is 0 Å². The van der Waals surface area contributed by atoms with Crippen LogP contribution in [0.25, 0.3) is 94.9 Å². The van der Waals surface area contributed by atoms with Gasteiger partial charge in [0.1, 0.15) is 0 Å². The van der Waals surface area contributed by atoms with E-state index in [2.05, 4.69) is 114 Å². The largest absolute Gasteiger partial charge is 0.316 e. The molecular weight excluding hydrogens is 597 g/mol. The lowest BCUT2D eigenvalue weighted by Crippen LogP contribution is -2.01. The molecule has 2 heterocycles.